The van der Waals surface area contributed by atoms with Gasteiger partial charge in [-0.3, -0.25) is 0 Å². The Morgan fingerprint density at radius 3 is 2.63 bits per heavy atom. The molecule has 0 aromatic heterocycles. The molecule has 1 aliphatic rings. The van der Waals surface area contributed by atoms with Crippen LogP contribution in [0.4, 0.5) is 4.39 Å². The van der Waals surface area contributed by atoms with Crippen molar-refractivity contribution in [1.29, 1.82) is 0 Å². The molecule has 2 rings (SSSR count). The normalized spacial score (nSPS) is 20.8. The Balaban J connectivity index is 1.93. The predicted molar refractivity (Wildman–Crippen MR) is 71.8 cm³/mol. The van der Waals surface area contributed by atoms with Crippen molar-refractivity contribution in [1.82, 2.24) is 9.62 Å². The van der Waals surface area contributed by atoms with Gasteiger partial charge in [0.1, 0.15) is 5.82 Å². The van der Waals surface area contributed by atoms with Crippen molar-refractivity contribution in [3.63, 3.8) is 0 Å². The van der Waals surface area contributed by atoms with Gasteiger partial charge in [-0.05, 0) is 49.7 Å². The Labute approximate surface area is 113 Å². The summed E-state index contributed by atoms with van der Waals surface area (Å²) in [5.74, 6) is -0.0801. The molecule has 1 unspecified atom stereocenters. The molecule has 106 valence electrons. The topological polar surface area (TPSA) is 49.4 Å². The minimum Gasteiger partial charge on any atom is -0.303 e. The lowest BCUT2D eigenvalue weighted by Crippen LogP contribution is -2.31. The van der Waals surface area contributed by atoms with Gasteiger partial charge in [0.2, 0.25) is 10.0 Å². The minimum atomic E-state index is -3.52. The summed E-state index contributed by atoms with van der Waals surface area (Å²) in [7, 11) is -3.52. The summed E-state index contributed by atoms with van der Waals surface area (Å²) < 4.78 is 39.4. The molecule has 1 aliphatic heterocycles. The smallest absolute Gasteiger partial charge is 0.240 e. The number of nitrogens with zero attached hydrogens (tertiary/aromatic N) is 1. The molecule has 1 atom stereocenters. The molecule has 1 aromatic carbocycles. The quantitative estimate of drug-likeness (QED) is 0.891. The summed E-state index contributed by atoms with van der Waals surface area (Å²) in [4.78, 5) is 2.41. The third-order valence-corrected chi connectivity index (χ3v) is 4.94. The maximum Gasteiger partial charge on any atom is 0.240 e. The molecule has 1 fully saturated rings. The molecule has 1 saturated heterocycles. The van der Waals surface area contributed by atoms with Crippen LogP contribution in [0, 0.1) is 11.7 Å². The van der Waals surface area contributed by atoms with Gasteiger partial charge in [-0.15, -0.1) is 0 Å². The highest BCUT2D eigenvalue weighted by atomic mass is 32.2. The van der Waals surface area contributed by atoms with Crippen molar-refractivity contribution in [3.05, 3.63) is 30.1 Å². The summed E-state index contributed by atoms with van der Waals surface area (Å²) in [5, 5.41) is 0. The van der Waals surface area contributed by atoms with Crippen LogP contribution in [0.15, 0.2) is 29.2 Å². The fraction of sp³-hybridized carbons (Fsp3) is 0.538. The third kappa shape index (κ3) is 3.75. The zero-order chi connectivity index (χ0) is 13.9. The fourth-order valence-electron chi connectivity index (χ4n) is 2.29. The average molecular weight is 286 g/mol. The molecule has 0 amide bonds. The standard InChI is InChI=1S/C13H19FN2O2S/c1-2-16-8-7-11(10-16)9-15-19(17,18)13-5-3-12(14)4-6-13/h3-6,11,15H,2,7-10H2,1H3. The van der Waals surface area contributed by atoms with E-state index in [1.165, 1.54) is 12.1 Å². The number of likely N-dealkylation sites (tertiary alicyclic amines) is 1. The maximum atomic E-state index is 12.8. The Hall–Kier alpha value is -0.980. The molecule has 19 heavy (non-hydrogen) atoms. The van der Waals surface area contributed by atoms with E-state index < -0.39 is 15.8 Å². The first kappa shape index (κ1) is 14.4. The van der Waals surface area contributed by atoms with Crippen molar-refractivity contribution in [2.24, 2.45) is 5.92 Å². The number of sulfonamides is 1. The lowest BCUT2D eigenvalue weighted by molar-refractivity contribution is 0.342. The Morgan fingerprint density at radius 2 is 2.05 bits per heavy atom. The van der Waals surface area contributed by atoms with Gasteiger partial charge in [0, 0.05) is 13.1 Å². The number of hydrogen-bond donors (Lipinski definition) is 1. The molecule has 1 aromatic rings. The highest BCUT2D eigenvalue weighted by molar-refractivity contribution is 7.89. The van der Waals surface area contributed by atoms with Gasteiger partial charge in [-0.25, -0.2) is 17.5 Å². The molecule has 4 nitrogen and oxygen atoms in total. The van der Waals surface area contributed by atoms with Crippen LogP contribution in [0.1, 0.15) is 13.3 Å². The highest BCUT2D eigenvalue weighted by Crippen LogP contribution is 2.16. The Morgan fingerprint density at radius 1 is 1.37 bits per heavy atom. The van der Waals surface area contributed by atoms with Crippen molar-refractivity contribution in [3.8, 4) is 0 Å². The average Bonchev–Trinajstić information content (AvgIpc) is 2.85. The summed E-state index contributed by atoms with van der Waals surface area (Å²) >= 11 is 0. The van der Waals surface area contributed by atoms with E-state index in [2.05, 4.69) is 16.5 Å². The van der Waals surface area contributed by atoms with E-state index in [4.69, 9.17) is 0 Å². The molecule has 0 aliphatic carbocycles. The highest BCUT2D eigenvalue weighted by Gasteiger charge is 2.23. The van der Waals surface area contributed by atoms with E-state index in [9.17, 15) is 12.8 Å². The van der Waals surface area contributed by atoms with Gasteiger partial charge < -0.3 is 4.90 Å². The monoisotopic (exact) mass is 286 g/mol. The molecule has 0 spiro atoms. The number of nitrogens with one attached hydrogen (secondary N) is 1. The first-order valence-corrected chi connectivity index (χ1v) is 7.97. The maximum absolute atomic E-state index is 12.8. The first-order valence-electron chi connectivity index (χ1n) is 6.49. The van der Waals surface area contributed by atoms with Gasteiger partial charge in [0.05, 0.1) is 4.90 Å². The van der Waals surface area contributed by atoms with Crippen LogP contribution in [-0.4, -0.2) is 39.5 Å². The number of rotatable bonds is 5. The van der Waals surface area contributed by atoms with Crippen molar-refractivity contribution >= 4 is 10.0 Å². The Kier molecular flexibility index (Phi) is 4.54. The minimum absolute atomic E-state index is 0.110. The zero-order valence-corrected chi connectivity index (χ0v) is 11.8. The largest absolute Gasteiger partial charge is 0.303 e. The molecule has 0 saturated carbocycles. The molecule has 0 radical (unpaired) electrons. The van der Waals surface area contributed by atoms with E-state index in [0.717, 1.165) is 38.2 Å². The second-order valence-electron chi connectivity index (χ2n) is 4.85. The summed E-state index contributed by atoms with van der Waals surface area (Å²) in [6.07, 6.45) is 1.01. The fourth-order valence-corrected chi connectivity index (χ4v) is 3.41. The van der Waals surface area contributed by atoms with E-state index in [-0.39, 0.29) is 4.90 Å². The van der Waals surface area contributed by atoms with Gasteiger partial charge in [0.25, 0.3) is 0 Å². The van der Waals surface area contributed by atoms with Gasteiger partial charge in [-0.1, -0.05) is 6.92 Å². The third-order valence-electron chi connectivity index (χ3n) is 3.50. The van der Waals surface area contributed by atoms with Gasteiger partial charge >= 0.3 is 0 Å². The zero-order valence-electron chi connectivity index (χ0n) is 11.0. The number of halogens is 1. The number of hydrogen-bond acceptors (Lipinski definition) is 3. The van der Waals surface area contributed by atoms with Crippen molar-refractivity contribution in [2.75, 3.05) is 26.2 Å². The molecule has 0 bridgehead atoms. The summed E-state index contributed by atoms with van der Waals surface area (Å²) in [6, 6.07) is 4.88. The first-order chi connectivity index (χ1) is 9.01. The van der Waals surface area contributed by atoms with Gasteiger partial charge in [-0.2, -0.15) is 0 Å². The van der Waals surface area contributed by atoms with Gasteiger partial charge in [0.15, 0.2) is 0 Å². The van der Waals surface area contributed by atoms with Crippen LogP contribution in [0.3, 0.4) is 0 Å². The lowest BCUT2D eigenvalue weighted by atomic mass is 10.1. The van der Waals surface area contributed by atoms with E-state index >= 15 is 0 Å². The second-order valence-corrected chi connectivity index (χ2v) is 6.62. The summed E-state index contributed by atoms with van der Waals surface area (Å²) in [6.45, 7) is 5.50. The van der Waals surface area contributed by atoms with E-state index in [1.54, 1.807) is 0 Å². The van der Waals surface area contributed by atoms with Crippen LogP contribution in [0.25, 0.3) is 0 Å². The van der Waals surface area contributed by atoms with Crippen molar-refractivity contribution in [2.45, 2.75) is 18.2 Å². The van der Waals surface area contributed by atoms with Crippen LogP contribution in [-0.2, 0) is 10.0 Å². The molecular formula is C13H19FN2O2S. The lowest BCUT2D eigenvalue weighted by Gasteiger charge is -2.14. The van der Waals surface area contributed by atoms with Crippen LogP contribution in [0.2, 0.25) is 0 Å². The van der Waals surface area contributed by atoms with Crippen LogP contribution < -0.4 is 4.72 Å². The Bertz CT molecular complexity index is 516. The van der Waals surface area contributed by atoms with E-state index in [1.807, 2.05) is 0 Å². The molecule has 1 N–H and O–H groups in total. The van der Waals surface area contributed by atoms with E-state index in [0.29, 0.717) is 12.5 Å². The second kappa shape index (κ2) is 5.98. The summed E-state index contributed by atoms with van der Waals surface area (Å²) in [5.41, 5.74) is 0. The van der Waals surface area contributed by atoms with Crippen LogP contribution >= 0.6 is 0 Å². The van der Waals surface area contributed by atoms with Crippen molar-refractivity contribution < 1.29 is 12.8 Å². The molecular weight excluding hydrogens is 267 g/mol. The molecule has 6 heteroatoms. The number of benzene rings is 1. The molecule has 1 heterocycles. The van der Waals surface area contributed by atoms with Crippen LogP contribution in [0.5, 0.6) is 0 Å². The predicted octanol–water partition coefficient (Wildman–Crippen LogP) is 1.45. The SMILES string of the molecule is CCN1CCC(CNS(=O)(=O)c2ccc(F)cc2)C1.